The number of hydrogen-bond donors (Lipinski definition) is 12. The van der Waals surface area contributed by atoms with Gasteiger partial charge in [-0.25, -0.2) is 49.5 Å². The normalized spacial score (nSPS) is 9.06. The zero-order valence-corrected chi connectivity index (χ0v) is 53.9. The highest BCUT2D eigenvalue weighted by atomic mass is 35.5. The van der Waals surface area contributed by atoms with Crippen molar-refractivity contribution in [3.8, 4) is 6.07 Å². The molecule has 0 saturated heterocycles. The number of nitrogens with two attached hydrogens (primary N) is 7. The van der Waals surface area contributed by atoms with Gasteiger partial charge in [0.1, 0.15) is 46.5 Å². The zero-order valence-electron chi connectivity index (χ0n) is 49.0. The van der Waals surface area contributed by atoms with E-state index in [1.165, 1.54) is 50.9 Å². The van der Waals surface area contributed by atoms with Crippen LogP contribution in [0.3, 0.4) is 0 Å². The zero-order chi connectivity index (χ0) is 64.2. The number of carboxylic acids is 1. The number of aryl methyl sites for hydroxylation is 2. The number of nitrogen functional groups attached to an aromatic ring is 6. The Kier molecular flexibility index (Phi) is 46.9. The Hall–Kier alpha value is -9.34. The summed E-state index contributed by atoms with van der Waals surface area (Å²) in [6.07, 6.45) is 0.590. The fourth-order valence-corrected chi connectivity index (χ4v) is 6.96. The predicted molar refractivity (Wildman–Crippen MR) is 364 cm³/mol. The lowest BCUT2D eigenvalue weighted by Gasteiger charge is -2.00. The number of carboxylic acid groups (broad SMARTS) is 1. The van der Waals surface area contributed by atoms with Crippen LogP contribution in [0, 0.1) is 30.6 Å². The molecule has 2 amide bonds. The molecule has 0 saturated carbocycles. The van der Waals surface area contributed by atoms with E-state index in [0.717, 1.165) is 40.0 Å². The van der Waals surface area contributed by atoms with Crippen LogP contribution in [-0.2, 0) is 38.3 Å². The second kappa shape index (κ2) is 49.7. The SMILES string of the molecule is CC(=O)Nc1cccc(C(=O)O)n1.CC(=O)Nc1cccc(C)n1.COC(=O)c1cccc(N)n1.Cc1cccc(N)n1.Cl.Cl.Cl.N#CCCSCc1cccc(N)n1.N=C(N)SCc1cccc(N)n1.Nc1cccc(CCl)n1.Nc1cccc(CO)n1. The van der Waals surface area contributed by atoms with Gasteiger partial charge < -0.3 is 65.7 Å². The lowest BCUT2D eigenvalue weighted by molar-refractivity contribution is -0.115. The number of carbonyl (C=O) groups excluding carboxylic acids is 3. The van der Waals surface area contributed by atoms with Crippen LogP contribution in [0.25, 0.3) is 0 Å². The van der Waals surface area contributed by atoms with E-state index in [-0.39, 0.29) is 78.0 Å². The molecule has 8 heterocycles. The van der Waals surface area contributed by atoms with E-state index in [9.17, 15) is 19.2 Å². The number of amides is 2. The number of nitrogens with one attached hydrogen (secondary N) is 3. The van der Waals surface area contributed by atoms with Crippen LogP contribution in [-0.4, -0.2) is 91.9 Å². The van der Waals surface area contributed by atoms with Crippen LogP contribution in [0.4, 0.5) is 46.5 Å². The number of amidine groups is 1. The maximum absolute atomic E-state index is 10.8. The van der Waals surface area contributed by atoms with Crippen LogP contribution < -0.4 is 50.8 Å². The number of aliphatic hydroxyl groups is 1. The Labute approximate surface area is 548 Å². The Morgan fingerprint density at radius 1 is 0.562 bits per heavy atom. The molecule has 0 spiro atoms. The number of aliphatic hydroxyl groups excluding tert-OH is 1. The lowest BCUT2D eigenvalue weighted by Crippen LogP contribution is -2.09. The second-order valence-corrected chi connectivity index (χ2v) is 18.9. The van der Waals surface area contributed by atoms with Crippen molar-refractivity contribution in [2.45, 2.75) is 58.1 Å². The van der Waals surface area contributed by atoms with Crippen LogP contribution in [0.2, 0.25) is 0 Å². The lowest BCUT2D eigenvalue weighted by atomic mass is 10.3. The van der Waals surface area contributed by atoms with E-state index < -0.39 is 11.9 Å². The Bertz CT molecular complexity index is 3350. The van der Waals surface area contributed by atoms with Gasteiger partial charge in [0.15, 0.2) is 16.6 Å². The van der Waals surface area contributed by atoms with Gasteiger partial charge in [0, 0.05) is 48.9 Å². The Morgan fingerprint density at radius 2 is 0.944 bits per heavy atom. The highest BCUT2D eigenvalue weighted by Crippen LogP contribution is 2.13. The summed E-state index contributed by atoms with van der Waals surface area (Å²) in [5.74, 6) is 4.50. The van der Waals surface area contributed by atoms with Crippen LogP contribution in [0.5, 0.6) is 0 Å². The van der Waals surface area contributed by atoms with Crippen molar-refractivity contribution in [3.63, 3.8) is 0 Å². The summed E-state index contributed by atoms with van der Waals surface area (Å²) in [5, 5.41) is 37.5. The maximum Gasteiger partial charge on any atom is 0.356 e. The maximum atomic E-state index is 10.8. The number of methoxy groups -OCH3 is 1. The summed E-state index contributed by atoms with van der Waals surface area (Å²) < 4.78 is 4.43. The van der Waals surface area contributed by atoms with Crippen molar-refractivity contribution in [3.05, 3.63) is 191 Å². The molecule has 19 N–H and O–H groups in total. The van der Waals surface area contributed by atoms with Gasteiger partial charge in [-0.2, -0.15) is 17.0 Å². The third-order valence-corrected chi connectivity index (χ3v) is 11.2. The molecule has 0 atom stereocenters. The van der Waals surface area contributed by atoms with Gasteiger partial charge in [-0.3, -0.25) is 15.0 Å². The Morgan fingerprint density at radius 3 is 1.31 bits per heavy atom. The minimum atomic E-state index is -1.12. The van der Waals surface area contributed by atoms with E-state index >= 15 is 0 Å². The van der Waals surface area contributed by atoms with Gasteiger partial charge in [0.05, 0.1) is 48.4 Å². The molecule has 8 aromatic rings. The number of pyridine rings is 8. The smallest absolute Gasteiger partial charge is 0.356 e. The number of rotatable bonds is 12. The van der Waals surface area contributed by atoms with Gasteiger partial charge in [-0.05, 0) is 111 Å². The fraction of sp³-hybridized carbons (Fsp3) is 0.193. The number of hydrogen-bond acceptors (Lipinski definition) is 24. The summed E-state index contributed by atoms with van der Waals surface area (Å²) in [6, 6.07) is 43.9. The number of nitriles is 1. The number of esters is 1. The molecule has 0 aliphatic carbocycles. The van der Waals surface area contributed by atoms with Crippen LogP contribution in [0.15, 0.2) is 146 Å². The molecule has 0 radical (unpaired) electrons. The number of halogens is 4. The number of anilines is 8. The third-order valence-electron chi connectivity index (χ3n) is 9.14. The standard InChI is InChI=1S/C9H11N3S.C8H8N2O3.C8H10N2O.C7H10N4S.C7H8N2O2.C6H7ClN2.C6H8N2O.C6H8N2.3ClH/c10-5-2-6-13-7-8-3-1-4-9(11)12-8;1-5(11)9-7-4-2-3-6(10-7)8(12)13;1-6-4-3-5-8(9-6)10-7(2)11;8-6-3-1-2-5(11-6)4-12-7(9)10;1-11-7(10)5-3-2-4-6(8)9-5;7-4-5-2-1-3-6(8)9-5;7-6-3-1-2-5(4-9)8-6;1-5-3-2-4-6(7)8-5;;;/h1,3-4H,2,6-7H2,(H2,11,12);2-4H,1H3,(H,12,13)(H,9,10,11);3-5H,1-2H3,(H,9,10,11);1-3H,4H2,(H2,8,11)(H3,9,10);2-4H,1H3,(H2,8,9);1-3H,4H2,(H2,8,9);1-3,9H,4H2,(H2,7,8);2-4H,1H3,(H2,7,8);3*1H. The average molecular weight is 1340 g/mol. The van der Waals surface area contributed by atoms with E-state index in [1.807, 2.05) is 74.5 Å². The first-order chi connectivity index (χ1) is 41.0. The molecular formula is C57H73Cl4N19O7S2. The number of ether oxygens (including phenoxy) is 1. The topological polar surface area (TPSA) is 475 Å². The largest absolute Gasteiger partial charge is 0.477 e. The third kappa shape index (κ3) is 43.0. The van der Waals surface area contributed by atoms with Gasteiger partial charge >= 0.3 is 11.9 Å². The monoisotopic (exact) mass is 1340 g/mol. The van der Waals surface area contributed by atoms with Crippen molar-refractivity contribution in [2.75, 3.05) is 57.9 Å². The van der Waals surface area contributed by atoms with Gasteiger partial charge in [0.25, 0.3) is 0 Å². The van der Waals surface area contributed by atoms with E-state index in [1.54, 1.807) is 78.5 Å². The summed E-state index contributed by atoms with van der Waals surface area (Å²) >= 11 is 8.42. The molecule has 0 aliphatic rings. The van der Waals surface area contributed by atoms with Crippen molar-refractivity contribution in [2.24, 2.45) is 5.73 Å². The summed E-state index contributed by atoms with van der Waals surface area (Å²) in [7, 11) is 1.30. The first-order valence-corrected chi connectivity index (χ1v) is 27.8. The number of alkyl halides is 1. The van der Waals surface area contributed by atoms with E-state index in [4.69, 9.17) is 72.6 Å². The highest BCUT2D eigenvalue weighted by Gasteiger charge is 2.07. The quantitative estimate of drug-likeness (QED) is 0.0178. The molecule has 0 aliphatic heterocycles. The summed E-state index contributed by atoms with van der Waals surface area (Å²) in [4.78, 5) is 73.9. The fourth-order valence-electron chi connectivity index (χ4n) is 5.59. The van der Waals surface area contributed by atoms with Crippen molar-refractivity contribution >= 4 is 148 Å². The molecule has 8 aromatic heterocycles. The predicted octanol–water partition coefficient (Wildman–Crippen LogP) is 8.93. The van der Waals surface area contributed by atoms with Crippen molar-refractivity contribution in [1.82, 2.24) is 39.9 Å². The molecule has 0 fully saturated rings. The molecule has 89 heavy (non-hydrogen) atoms. The number of carbonyl (C=O) groups is 4. The van der Waals surface area contributed by atoms with Gasteiger partial charge in [-0.1, -0.05) is 60.3 Å². The van der Waals surface area contributed by atoms with E-state index in [0.29, 0.717) is 64.5 Å². The van der Waals surface area contributed by atoms with Crippen LogP contribution in [0.1, 0.15) is 75.4 Å². The van der Waals surface area contributed by atoms with Gasteiger partial charge in [0.2, 0.25) is 11.8 Å². The molecule has 478 valence electrons. The average Bonchev–Trinajstić information content (AvgIpc) is 3.57. The molecule has 0 aromatic carbocycles. The first-order valence-electron chi connectivity index (χ1n) is 25.1. The van der Waals surface area contributed by atoms with Crippen molar-refractivity contribution in [1.29, 1.82) is 10.7 Å². The molecule has 26 nitrogen and oxygen atoms in total. The molecule has 0 bridgehead atoms. The van der Waals surface area contributed by atoms with Gasteiger partial charge in [-0.15, -0.1) is 48.8 Å². The minimum Gasteiger partial charge on any atom is -0.477 e. The van der Waals surface area contributed by atoms with E-state index in [2.05, 4.69) is 61.3 Å². The number of thioether (sulfide) groups is 2. The Balaban J connectivity index is -0.000000949. The second-order valence-electron chi connectivity index (χ2n) is 16.5. The first kappa shape index (κ1) is 83.9. The van der Waals surface area contributed by atoms with Crippen LogP contribution >= 0.6 is 72.3 Å². The number of aromatic nitrogens is 8. The number of nitrogens with zero attached hydrogens (tertiary/aromatic N) is 9. The van der Waals surface area contributed by atoms with Crippen molar-refractivity contribution < 1.29 is 34.1 Å². The molecular weight excluding hydrogens is 1270 g/mol. The number of aromatic carboxylic acids is 1. The molecule has 32 heteroatoms. The summed E-state index contributed by atoms with van der Waals surface area (Å²) in [5.41, 5.74) is 42.7. The molecule has 8 rings (SSSR count). The highest BCUT2D eigenvalue weighted by molar-refractivity contribution is 8.13. The minimum absolute atomic E-state index is 0. The summed E-state index contributed by atoms with van der Waals surface area (Å²) in [6.45, 7) is 6.53. The molecule has 0 unspecified atom stereocenters.